The molecular formula is C15H18F2N2O2. The molecule has 0 saturated carbocycles. The summed E-state index contributed by atoms with van der Waals surface area (Å²) in [4.78, 5) is 16.1. The third kappa shape index (κ3) is 2.84. The highest BCUT2D eigenvalue weighted by Crippen LogP contribution is 2.32. The largest absolute Gasteiger partial charge is 0.443 e. The Hall–Kier alpha value is -2.11. The number of halogens is 2. The number of carbonyl (C=O) groups is 1. The zero-order valence-electron chi connectivity index (χ0n) is 12.7. The number of hydrogen-bond acceptors (Lipinski definition) is 2. The first-order valence-corrected chi connectivity index (χ1v) is 6.54. The fourth-order valence-electron chi connectivity index (χ4n) is 2.08. The Kier molecular flexibility index (Phi) is 3.65. The first-order chi connectivity index (χ1) is 9.61. The zero-order chi connectivity index (χ0) is 15.9. The van der Waals surface area contributed by atoms with Crippen LogP contribution in [0.15, 0.2) is 12.3 Å². The van der Waals surface area contributed by atoms with E-state index in [0.29, 0.717) is 11.1 Å². The van der Waals surface area contributed by atoms with E-state index in [9.17, 15) is 13.6 Å². The molecule has 0 bridgehead atoms. The number of H-pyrrole nitrogens is 1. The van der Waals surface area contributed by atoms with Crippen LogP contribution in [0.4, 0.5) is 19.3 Å². The standard InChI is InChI=1S/C15H18F2N2O2/c1-8-7-18-13-10(6-9(16)12(17)11(8)13)19(5)14(20)21-15(2,3)4/h6-7,18H,1-5H3. The second-order valence-electron chi connectivity index (χ2n) is 5.95. The summed E-state index contributed by atoms with van der Waals surface area (Å²) in [6, 6.07) is 0.984. The number of nitrogens with one attached hydrogen (secondary N) is 1. The van der Waals surface area contributed by atoms with Crippen LogP contribution in [0.3, 0.4) is 0 Å². The van der Waals surface area contributed by atoms with E-state index < -0.39 is 23.3 Å². The summed E-state index contributed by atoms with van der Waals surface area (Å²) >= 11 is 0. The highest BCUT2D eigenvalue weighted by molar-refractivity contribution is 6.01. The second-order valence-corrected chi connectivity index (χ2v) is 5.95. The molecule has 1 amide bonds. The van der Waals surface area contributed by atoms with E-state index in [0.717, 1.165) is 11.0 Å². The molecule has 0 aliphatic rings. The quantitative estimate of drug-likeness (QED) is 0.860. The lowest BCUT2D eigenvalue weighted by atomic mass is 10.1. The Morgan fingerprint density at radius 2 is 1.95 bits per heavy atom. The van der Waals surface area contributed by atoms with Gasteiger partial charge in [-0.15, -0.1) is 0 Å². The molecule has 1 aromatic heterocycles. The Balaban J connectivity index is 2.52. The van der Waals surface area contributed by atoms with Gasteiger partial charge in [0.05, 0.1) is 11.2 Å². The minimum atomic E-state index is -1.00. The Bertz CT molecular complexity index is 702. The van der Waals surface area contributed by atoms with Gasteiger partial charge in [-0.1, -0.05) is 0 Å². The molecule has 2 rings (SSSR count). The molecule has 114 valence electrons. The molecule has 0 aliphatic carbocycles. The molecule has 0 aliphatic heterocycles. The predicted octanol–water partition coefficient (Wildman–Crippen LogP) is 4.13. The summed E-state index contributed by atoms with van der Waals surface area (Å²) in [5, 5.41) is 0.139. The molecule has 1 N–H and O–H groups in total. The smallest absolute Gasteiger partial charge is 0.414 e. The van der Waals surface area contributed by atoms with Crippen LogP contribution in [0.25, 0.3) is 10.9 Å². The Morgan fingerprint density at radius 1 is 1.33 bits per heavy atom. The van der Waals surface area contributed by atoms with Gasteiger partial charge in [0.25, 0.3) is 0 Å². The molecule has 6 heteroatoms. The summed E-state index contributed by atoms with van der Waals surface area (Å²) in [5.41, 5.74) is 0.487. The fraction of sp³-hybridized carbons (Fsp3) is 0.400. The predicted molar refractivity (Wildman–Crippen MR) is 77.6 cm³/mol. The van der Waals surface area contributed by atoms with Gasteiger partial charge in [0.2, 0.25) is 0 Å². The van der Waals surface area contributed by atoms with Crippen molar-refractivity contribution < 1.29 is 18.3 Å². The van der Waals surface area contributed by atoms with Crippen LogP contribution < -0.4 is 4.90 Å². The van der Waals surface area contributed by atoms with Crippen molar-refractivity contribution in [3.63, 3.8) is 0 Å². The van der Waals surface area contributed by atoms with E-state index in [4.69, 9.17) is 4.74 Å². The van der Waals surface area contributed by atoms with Crippen LogP contribution in [0.5, 0.6) is 0 Å². The molecular weight excluding hydrogens is 278 g/mol. The van der Waals surface area contributed by atoms with Gasteiger partial charge in [-0.05, 0) is 33.3 Å². The van der Waals surface area contributed by atoms with Crippen LogP contribution in [0.1, 0.15) is 26.3 Å². The maximum absolute atomic E-state index is 13.9. The summed E-state index contributed by atoms with van der Waals surface area (Å²) in [7, 11) is 1.45. The number of aromatic amines is 1. The van der Waals surface area contributed by atoms with E-state index in [1.54, 1.807) is 33.9 Å². The molecule has 0 fully saturated rings. The van der Waals surface area contributed by atoms with Crippen LogP contribution in [0.2, 0.25) is 0 Å². The van der Waals surface area contributed by atoms with E-state index in [1.165, 1.54) is 7.05 Å². The topological polar surface area (TPSA) is 45.3 Å². The number of carbonyl (C=O) groups excluding carboxylic acids is 1. The molecule has 1 aromatic carbocycles. The van der Waals surface area contributed by atoms with Crippen molar-refractivity contribution in [1.82, 2.24) is 4.98 Å². The first kappa shape index (κ1) is 15.3. The molecule has 2 aromatic rings. The summed E-state index contributed by atoms with van der Waals surface area (Å²) in [5.74, 6) is -1.93. The van der Waals surface area contributed by atoms with Crippen molar-refractivity contribution in [3.05, 3.63) is 29.5 Å². The average molecular weight is 296 g/mol. The van der Waals surface area contributed by atoms with Gasteiger partial charge in [-0.2, -0.15) is 0 Å². The molecule has 0 saturated heterocycles. The second kappa shape index (κ2) is 5.02. The summed E-state index contributed by atoms with van der Waals surface area (Å²) < 4.78 is 32.9. The van der Waals surface area contributed by atoms with E-state index in [2.05, 4.69) is 4.98 Å². The number of aromatic nitrogens is 1. The van der Waals surface area contributed by atoms with Crippen molar-refractivity contribution >= 4 is 22.7 Å². The van der Waals surface area contributed by atoms with Crippen molar-refractivity contribution in [2.24, 2.45) is 0 Å². The first-order valence-electron chi connectivity index (χ1n) is 6.54. The van der Waals surface area contributed by atoms with Crippen LogP contribution in [-0.2, 0) is 4.74 Å². The summed E-state index contributed by atoms with van der Waals surface area (Å²) in [6.07, 6.45) is 0.932. The molecule has 0 atom stereocenters. The van der Waals surface area contributed by atoms with Crippen LogP contribution in [-0.4, -0.2) is 23.7 Å². The number of ether oxygens (including phenoxy) is 1. The zero-order valence-corrected chi connectivity index (χ0v) is 12.7. The Morgan fingerprint density at radius 3 is 2.52 bits per heavy atom. The van der Waals surface area contributed by atoms with Crippen molar-refractivity contribution in [1.29, 1.82) is 0 Å². The number of aryl methyl sites for hydroxylation is 1. The SMILES string of the molecule is Cc1c[nH]c2c(N(C)C(=O)OC(C)(C)C)cc(F)c(F)c12. The average Bonchev–Trinajstić information content (AvgIpc) is 2.73. The number of amides is 1. The van der Waals surface area contributed by atoms with Crippen LogP contribution in [0, 0.1) is 18.6 Å². The van der Waals surface area contributed by atoms with Crippen molar-refractivity contribution in [2.45, 2.75) is 33.3 Å². The molecule has 1 heterocycles. The molecule has 4 nitrogen and oxygen atoms in total. The lowest BCUT2D eigenvalue weighted by Gasteiger charge is -2.25. The summed E-state index contributed by atoms with van der Waals surface area (Å²) in [6.45, 7) is 6.87. The third-order valence-corrected chi connectivity index (χ3v) is 3.05. The molecule has 0 spiro atoms. The fourth-order valence-corrected chi connectivity index (χ4v) is 2.08. The number of anilines is 1. The normalized spacial score (nSPS) is 11.8. The van der Waals surface area contributed by atoms with Gasteiger partial charge in [0, 0.05) is 24.7 Å². The van der Waals surface area contributed by atoms with E-state index in [-0.39, 0.29) is 11.1 Å². The van der Waals surface area contributed by atoms with Gasteiger partial charge < -0.3 is 9.72 Å². The number of nitrogens with zero attached hydrogens (tertiary/aromatic N) is 1. The lowest BCUT2D eigenvalue weighted by Crippen LogP contribution is -2.34. The number of rotatable bonds is 1. The molecule has 0 unspecified atom stereocenters. The van der Waals surface area contributed by atoms with Crippen molar-refractivity contribution in [3.8, 4) is 0 Å². The van der Waals surface area contributed by atoms with Gasteiger partial charge in [0.15, 0.2) is 11.6 Å². The van der Waals surface area contributed by atoms with Gasteiger partial charge in [0.1, 0.15) is 5.60 Å². The minimum Gasteiger partial charge on any atom is -0.443 e. The van der Waals surface area contributed by atoms with E-state index in [1.807, 2.05) is 0 Å². The number of benzene rings is 1. The van der Waals surface area contributed by atoms with Gasteiger partial charge >= 0.3 is 6.09 Å². The highest BCUT2D eigenvalue weighted by atomic mass is 19.2. The number of hydrogen-bond donors (Lipinski definition) is 1. The highest BCUT2D eigenvalue weighted by Gasteiger charge is 2.24. The molecule has 0 radical (unpaired) electrons. The maximum atomic E-state index is 13.9. The van der Waals surface area contributed by atoms with Gasteiger partial charge in [-0.3, -0.25) is 4.90 Å². The Labute approximate surface area is 121 Å². The van der Waals surface area contributed by atoms with E-state index >= 15 is 0 Å². The third-order valence-electron chi connectivity index (χ3n) is 3.05. The van der Waals surface area contributed by atoms with Crippen LogP contribution >= 0.6 is 0 Å². The monoisotopic (exact) mass is 296 g/mol. The maximum Gasteiger partial charge on any atom is 0.414 e. The number of fused-ring (bicyclic) bond motifs is 1. The molecule has 21 heavy (non-hydrogen) atoms. The van der Waals surface area contributed by atoms with Gasteiger partial charge in [-0.25, -0.2) is 13.6 Å². The lowest BCUT2D eigenvalue weighted by molar-refractivity contribution is 0.0589. The minimum absolute atomic E-state index is 0.139. The van der Waals surface area contributed by atoms with Crippen molar-refractivity contribution in [2.75, 3.05) is 11.9 Å².